The highest BCUT2D eigenvalue weighted by molar-refractivity contribution is 5.96. The first-order valence-electron chi connectivity index (χ1n) is 10.4. The summed E-state index contributed by atoms with van der Waals surface area (Å²) >= 11 is 0. The molecule has 0 aromatic heterocycles. The van der Waals surface area contributed by atoms with Gasteiger partial charge in [-0.25, -0.2) is 4.79 Å². The number of guanidine groups is 1. The number of nitrogens with one attached hydrogen (secondary N) is 2. The van der Waals surface area contributed by atoms with Gasteiger partial charge in [0.2, 0.25) is 11.8 Å². The van der Waals surface area contributed by atoms with Crippen molar-refractivity contribution in [3.63, 3.8) is 0 Å². The normalized spacial score (nSPS) is 14.7. The fourth-order valence-corrected chi connectivity index (χ4v) is 2.95. The maximum atomic E-state index is 12.7. The molecule has 11 heteroatoms. The Kier molecular flexibility index (Phi) is 12.2. The zero-order chi connectivity index (χ0) is 24.2. The van der Waals surface area contributed by atoms with Gasteiger partial charge in [-0.05, 0) is 25.7 Å². The van der Waals surface area contributed by atoms with E-state index in [1.54, 1.807) is 20.8 Å². The molecule has 0 aromatic carbocycles. The number of hydrogen-bond donors (Lipinski definition) is 6. The van der Waals surface area contributed by atoms with Crippen molar-refractivity contribution in [1.82, 2.24) is 10.6 Å². The number of aliphatic carboxylic acids is 2. The average Bonchev–Trinajstić information content (AvgIpc) is 2.63. The molecule has 8 N–H and O–H groups in total. The summed E-state index contributed by atoms with van der Waals surface area (Å²) < 4.78 is 0. The molecule has 31 heavy (non-hydrogen) atoms. The molecule has 0 rings (SSSR count). The molecule has 0 aliphatic carbocycles. The minimum atomic E-state index is -1.78. The second kappa shape index (κ2) is 13.5. The molecule has 0 heterocycles. The van der Waals surface area contributed by atoms with Crippen molar-refractivity contribution in [2.75, 3.05) is 6.54 Å². The number of unbranched alkanes of at least 4 members (excludes halogenated alkanes) is 3. The summed E-state index contributed by atoms with van der Waals surface area (Å²) in [4.78, 5) is 51.8. The van der Waals surface area contributed by atoms with Crippen molar-refractivity contribution in [3.8, 4) is 0 Å². The van der Waals surface area contributed by atoms with Crippen LogP contribution in [0.15, 0.2) is 4.99 Å². The van der Waals surface area contributed by atoms with Crippen molar-refractivity contribution in [2.24, 2.45) is 28.3 Å². The minimum absolute atomic E-state index is 0.0572. The van der Waals surface area contributed by atoms with Gasteiger partial charge in [-0.2, -0.15) is 0 Å². The molecule has 2 amide bonds. The number of amides is 2. The Morgan fingerprint density at radius 3 is 2.06 bits per heavy atom. The van der Waals surface area contributed by atoms with E-state index < -0.39 is 53.6 Å². The molecule has 3 atom stereocenters. The molecule has 0 saturated heterocycles. The van der Waals surface area contributed by atoms with Crippen LogP contribution in [-0.2, 0) is 19.2 Å². The third-order valence-corrected chi connectivity index (χ3v) is 4.91. The van der Waals surface area contributed by atoms with Gasteiger partial charge in [-0.3, -0.25) is 19.4 Å². The molecule has 11 nitrogen and oxygen atoms in total. The number of hydrogen-bond acceptors (Lipinski definition) is 5. The number of nitrogens with two attached hydrogens (primary N) is 2. The zero-order valence-electron chi connectivity index (χ0n) is 18.8. The smallest absolute Gasteiger partial charge is 0.326 e. The summed E-state index contributed by atoms with van der Waals surface area (Å²) in [5.74, 6) is -4.64. The highest BCUT2D eigenvalue weighted by Crippen LogP contribution is 2.16. The van der Waals surface area contributed by atoms with Crippen LogP contribution >= 0.6 is 0 Å². The Morgan fingerprint density at radius 2 is 1.58 bits per heavy atom. The molecule has 0 bridgehead atoms. The Hall–Kier alpha value is -2.85. The number of rotatable bonds is 15. The van der Waals surface area contributed by atoms with E-state index in [-0.39, 0.29) is 5.96 Å². The van der Waals surface area contributed by atoms with Gasteiger partial charge in [0.05, 0.1) is 6.42 Å². The predicted molar refractivity (Wildman–Crippen MR) is 116 cm³/mol. The Balaban J connectivity index is 4.88. The average molecular weight is 444 g/mol. The first-order chi connectivity index (χ1) is 14.3. The van der Waals surface area contributed by atoms with E-state index in [0.29, 0.717) is 13.0 Å². The number of aliphatic imine (C=N–C) groups is 1. The van der Waals surface area contributed by atoms with Gasteiger partial charge in [0, 0.05) is 12.5 Å². The molecular formula is C20H37N5O6. The zero-order valence-corrected chi connectivity index (χ0v) is 18.8. The van der Waals surface area contributed by atoms with Crippen LogP contribution in [-0.4, -0.2) is 58.1 Å². The van der Waals surface area contributed by atoms with Crippen LogP contribution < -0.4 is 22.1 Å². The van der Waals surface area contributed by atoms with Crippen LogP contribution in [0.1, 0.15) is 66.2 Å². The number of carbonyl (C=O) groups is 4. The molecular weight excluding hydrogens is 406 g/mol. The maximum absolute atomic E-state index is 12.7. The lowest BCUT2D eigenvalue weighted by Crippen LogP contribution is -2.61. The van der Waals surface area contributed by atoms with Crippen molar-refractivity contribution in [2.45, 2.75) is 77.8 Å². The molecule has 0 aliphatic rings. The monoisotopic (exact) mass is 443 g/mol. The Bertz CT molecular complexity index is 662. The topological polar surface area (TPSA) is 197 Å². The molecule has 0 aliphatic heterocycles. The van der Waals surface area contributed by atoms with Crippen LogP contribution in [0.5, 0.6) is 0 Å². The third kappa shape index (κ3) is 11.2. The van der Waals surface area contributed by atoms with E-state index >= 15 is 0 Å². The lowest BCUT2D eigenvalue weighted by molar-refractivity contribution is -0.147. The Labute approximate surface area is 183 Å². The summed E-state index contributed by atoms with van der Waals surface area (Å²) in [6.07, 6.45) is 3.26. The standard InChI is InChI=1S/C20H37N5O6/c1-12(2)15(17(29)30)24-18(31)20(4,11-14(26)27)25-16(28)13(3)9-7-5-6-8-10-23-19(21)22/h12-13,15H,5-11H2,1-4H3,(H,24,31)(H,25,28)(H,26,27)(H,29,30)(H4,21,22,23)/t13?,15-,20-/m0/s1. The summed E-state index contributed by atoms with van der Waals surface area (Å²) in [7, 11) is 0. The van der Waals surface area contributed by atoms with Crippen LogP contribution in [0.2, 0.25) is 0 Å². The number of carboxylic acids is 2. The predicted octanol–water partition coefficient (Wildman–Crippen LogP) is 0.421. The van der Waals surface area contributed by atoms with Crippen molar-refractivity contribution in [1.29, 1.82) is 0 Å². The van der Waals surface area contributed by atoms with Crippen LogP contribution in [0, 0.1) is 11.8 Å². The molecule has 0 saturated carbocycles. The highest BCUT2D eigenvalue weighted by Gasteiger charge is 2.40. The number of carbonyl (C=O) groups excluding carboxylic acids is 2. The molecule has 0 aromatic rings. The first-order valence-corrected chi connectivity index (χ1v) is 10.4. The van der Waals surface area contributed by atoms with Crippen LogP contribution in [0.25, 0.3) is 0 Å². The SMILES string of the molecule is CC(CCCCCCN=C(N)N)C(=O)N[C@@](C)(CC(=O)O)C(=O)N[C@H](C(=O)O)C(C)C. The number of nitrogens with zero attached hydrogens (tertiary/aromatic N) is 1. The van der Waals surface area contributed by atoms with E-state index in [0.717, 1.165) is 25.7 Å². The van der Waals surface area contributed by atoms with Gasteiger partial charge in [0.25, 0.3) is 0 Å². The summed E-state index contributed by atoms with van der Waals surface area (Å²) in [6, 6.07) is -1.20. The second-order valence-corrected chi connectivity index (χ2v) is 8.34. The first kappa shape index (κ1) is 28.1. The van der Waals surface area contributed by atoms with E-state index in [1.807, 2.05) is 0 Å². The van der Waals surface area contributed by atoms with Gasteiger partial charge < -0.3 is 32.3 Å². The molecule has 0 radical (unpaired) electrons. The lowest BCUT2D eigenvalue weighted by Gasteiger charge is -2.31. The van der Waals surface area contributed by atoms with Gasteiger partial charge in [-0.15, -0.1) is 0 Å². The minimum Gasteiger partial charge on any atom is -0.481 e. The fraction of sp³-hybridized carbons (Fsp3) is 0.750. The van der Waals surface area contributed by atoms with E-state index in [9.17, 15) is 29.4 Å². The van der Waals surface area contributed by atoms with E-state index in [1.165, 1.54) is 6.92 Å². The summed E-state index contributed by atoms with van der Waals surface area (Å²) in [5.41, 5.74) is 8.73. The van der Waals surface area contributed by atoms with Gasteiger partial charge in [0.1, 0.15) is 11.6 Å². The van der Waals surface area contributed by atoms with Crippen LogP contribution in [0.3, 0.4) is 0 Å². The van der Waals surface area contributed by atoms with Gasteiger partial charge in [0.15, 0.2) is 5.96 Å². The fourth-order valence-electron chi connectivity index (χ4n) is 2.95. The van der Waals surface area contributed by atoms with Crippen LogP contribution in [0.4, 0.5) is 0 Å². The van der Waals surface area contributed by atoms with E-state index in [4.69, 9.17) is 11.5 Å². The summed E-state index contributed by atoms with van der Waals surface area (Å²) in [6.45, 7) is 6.76. The molecule has 1 unspecified atom stereocenters. The van der Waals surface area contributed by atoms with Crippen molar-refractivity contribution >= 4 is 29.7 Å². The maximum Gasteiger partial charge on any atom is 0.326 e. The van der Waals surface area contributed by atoms with E-state index in [2.05, 4.69) is 15.6 Å². The summed E-state index contributed by atoms with van der Waals surface area (Å²) in [5, 5.41) is 23.3. The third-order valence-electron chi connectivity index (χ3n) is 4.91. The molecule has 0 fully saturated rings. The van der Waals surface area contributed by atoms with Gasteiger partial charge >= 0.3 is 11.9 Å². The highest BCUT2D eigenvalue weighted by atomic mass is 16.4. The van der Waals surface area contributed by atoms with Crippen molar-refractivity contribution in [3.05, 3.63) is 0 Å². The quantitative estimate of drug-likeness (QED) is 0.119. The second-order valence-electron chi connectivity index (χ2n) is 8.34. The Morgan fingerprint density at radius 1 is 1.00 bits per heavy atom. The molecule has 178 valence electrons. The van der Waals surface area contributed by atoms with Gasteiger partial charge in [-0.1, -0.05) is 40.0 Å². The lowest BCUT2D eigenvalue weighted by atomic mass is 9.92. The van der Waals surface area contributed by atoms with Crippen molar-refractivity contribution < 1.29 is 29.4 Å². The number of carboxylic acid groups (broad SMARTS) is 2. The largest absolute Gasteiger partial charge is 0.481 e. The molecule has 0 spiro atoms.